The van der Waals surface area contributed by atoms with Crippen LogP contribution in [0.25, 0.3) is 11.1 Å². The Labute approximate surface area is 119 Å². The Balaban J connectivity index is 2.07. The molecule has 104 valence electrons. The predicted octanol–water partition coefficient (Wildman–Crippen LogP) is 4.00. The van der Waals surface area contributed by atoms with Crippen LogP contribution in [-0.2, 0) is 10.3 Å². The zero-order valence-corrected chi connectivity index (χ0v) is 12.1. The molecule has 1 aliphatic rings. The highest BCUT2D eigenvalue weighted by Crippen LogP contribution is 2.37. The molecule has 0 bridgehead atoms. The molecule has 3 heteroatoms. The van der Waals surface area contributed by atoms with Crippen LogP contribution >= 0.6 is 0 Å². The van der Waals surface area contributed by atoms with Gasteiger partial charge in [0.15, 0.2) is 0 Å². The van der Waals surface area contributed by atoms with Crippen LogP contribution in [0.2, 0.25) is 0 Å². The van der Waals surface area contributed by atoms with E-state index < -0.39 is 0 Å². The predicted molar refractivity (Wildman–Crippen MR) is 81.0 cm³/mol. The molecule has 1 aliphatic heterocycles. The van der Waals surface area contributed by atoms with Gasteiger partial charge < -0.3 is 14.8 Å². The third-order valence-corrected chi connectivity index (χ3v) is 3.77. The topological polar surface area (TPSA) is 30.5 Å². The second kappa shape index (κ2) is 4.84. The van der Waals surface area contributed by atoms with Crippen LogP contribution in [0.4, 0.5) is 5.69 Å². The second-order valence-corrected chi connectivity index (χ2v) is 5.47. The average molecular weight is 269 g/mol. The van der Waals surface area contributed by atoms with Crippen LogP contribution in [0.15, 0.2) is 42.5 Å². The van der Waals surface area contributed by atoms with Gasteiger partial charge in [-0.05, 0) is 49.2 Å². The van der Waals surface area contributed by atoms with Gasteiger partial charge in [-0.15, -0.1) is 0 Å². The van der Waals surface area contributed by atoms with E-state index >= 15 is 0 Å². The number of hydrogen-bond donors (Lipinski definition) is 1. The van der Waals surface area contributed by atoms with E-state index in [1.54, 1.807) is 7.11 Å². The second-order valence-electron chi connectivity index (χ2n) is 5.47. The molecule has 0 saturated carbocycles. The number of benzene rings is 2. The smallest absolute Gasteiger partial charge is 0.119 e. The third kappa shape index (κ3) is 2.25. The minimum atomic E-state index is -0.268. The number of rotatable bonds is 2. The zero-order chi connectivity index (χ0) is 14.2. The normalized spacial score (nSPS) is 16.1. The van der Waals surface area contributed by atoms with Gasteiger partial charge in [0.05, 0.1) is 12.7 Å². The molecule has 0 fully saturated rings. The first-order valence-corrected chi connectivity index (χ1v) is 6.77. The van der Waals surface area contributed by atoms with Crippen molar-refractivity contribution in [3.05, 3.63) is 48.0 Å². The van der Waals surface area contributed by atoms with Gasteiger partial charge in [0, 0.05) is 11.3 Å². The van der Waals surface area contributed by atoms with Crippen molar-refractivity contribution in [3.8, 4) is 16.9 Å². The van der Waals surface area contributed by atoms with E-state index in [2.05, 4.69) is 43.4 Å². The maximum Gasteiger partial charge on any atom is 0.119 e. The lowest BCUT2D eigenvalue weighted by molar-refractivity contribution is -0.0178. The summed E-state index contributed by atoms with van der Waals surface area (Å²) in [5, 5.41) is 3.27. The summed E-state index contributed by atoms with van der Waals surface area (Å²) in [5.41, 5.74) is 4.38. The summed E-state index contributed by atoms with van der Waals surface area (Å²) in [6.07, 6.45) is 0. The van der Waals surface area contributed by atoms with E-state index in [9.17, 15) is 0 Å². The zero-order valence-electron chi connectivity index (χ0n) is 12.1. The number of fused-ring (bicyclic) bond motifs is 1. The first kappa shape index (κ1) is 13.0. The van der Waals surface area contributed by atoms with Crippen LogP contribution in [0, 0.1) is 0 Å². The number of nitrogens with one attached hydrogen (secondary N) is 1. The summed E-state index contributed by atoms with van der Waals surface area (Å²) >= 11 is 0. The highest BCUT2D eigenvalue weighted by atomic mass is 16.5. The third-order valence-electron chi connectivity index (χ3n) is 3.77. The van der Waals surface area contributed by atoms with Crippen molar-refractivity contribution in [2.75, 3.05) is 19.2 Å². The van der Waals surface area contributed by atoms with Gasteiger partial charge in [0.2, 0.25) is 0 Å². The van der Waals surface area contributed by atoms with Gasteiger partial charge in [-0.3, -0.25) is 0 Å². The maximum absolute atomic E-state index is 5.79. The van der Waals surface area contributed by atoms with Crippen molar-refractivity contribution in [3.63, 3.8) is 0 Å². The molecular weight excluding hydrogens is 250 g/mol. The Bertz CT molecular complexity index is 635. The molecular formula is C17H19NO2. The molecule has 1 N–H and O–H groups in total. The van der Waals surface area contributed by atoms with Crippen molar-refractivity contribution in [2.24, 2.45) is 0 Å². The fourth-order valence-electron chi connectivity index (χ4n) is 2.55. The van der Waals surface area contributed by atoms with Crippen molar-refractivity contribution in [1.82, 2.24) is 0 Å². The highest BCUT2D eigenvalue weighted by molar-refractivity contribution is 5.70. The van der Waals surface area contributed by atoms with E-state index in [0.717, 1.165) is 17.0 Å². The van der Waals surface area contributed by atoms with Crippen molar-refractivity contribution in [1.29, 1.82) is 0 Å². The Morgan fingerprint density at radius 2 is 1.90 bits per heavy atom. The van der Waals surface area contributed by atoms with E-state index in [1.165, 1.54) is 11.1 Å². The molecule has 3 rings (SSSR count). The lowest BCUT2D eigenvalue weighted by atomic mass is 9.91. The SMILES string of the molecule is COc1cccc(-c2ccc3c(c2)C(C)(C)OCN3)c1. The first-order valence-electron chi connectivity index (χ1n) is 6.77. The Morgan fingerprint density at radius 3 is 2.70 bits per heavy atom. The van der Waals surface area contributed by atoms with E-state index in [4.69, 9.17) is 9.47 Å². The number of anilines is 1. The standard InChI is InChI=1S/C17H19NO2/c1-17(2)15-10-13(7-8-16(15)18-11-20-17)12-5-4-6-14(9-12)19-3/h4-10,18H,11H2,1-3H3. The van der Waals surface area contributed by atoms with E-state index in [-0.39, 0.29) is 5.60 Å². The molecule has 0 atom stereocenters. The fourth-order valence-corrected chi connectivity index (χ4v) is 2.55. The average Bonchev–Trinajstić information content (AvgIpc) is 2.47. The minimum absolute atomic E-state index is 0.268. The maximum atomic E-state index is 5.79. The Morgan fingerprint density at radius 1 is 1.10 bits per heavy atom. The lowest BCUT2D eigenvalue weighted by Gasteiger charge is -2.33. The monoisotopic (exact) mass is 269 g/mol. The van der Waals surface area contributed by atoms with Gasteiger partial charge in [0.1, 0.15) is 12.5 Å². The molecule has 2 aromatic carbocycles. The van der Waals surface area contributed by atoms with Crippen molar-refractivity contribution >= 4 is 5.69 Å². The highest BCUT2D eigenvalue weighted by Gasteiger charge is 2.28. The Hall–Kier alpha value is -2.00. The molecule has 0 spiro atoms. The molecule has 0 amide bonds. The van der Waals surface area contributed by atoms with Gasteiger partial charge in [-0.1, -0.05) is 18.2 Å². The quantitative estimate of drug-likeness (QED) is 0.894. The molecule has 2 aromatic rings. The molecule has 1 heterocycles. The van der Waals surface area contributed by atoms with Gasteiger partial charge in [0.25, 0.3) is 0 Å². The first-order chi connectivity index (χ1) is 9.60. The van der Waals surface area contributed by atoms with Crippen LogP contribution in [0.5, 0.6) is 5.75 Å². The fraction of sp³-hybridized carbons (Fsp3) is 0.294. The molecule has 0 radical (unpaired) electrons. The number of ether oxygens (including phenoxy) is 2. The van der Waals surface area contributed by atoms with Crippen LogP contribution in [0.1, 0.15) is 19.4 Å². The van der Waals surface area contributed by atoms with Crippen LogP contribution < -0.4 is 10.1 Å². The summed E-state index contributed by atoms with van der Waals surface area (Å²) in [5.74, 6) is 0.869. The Kier molecular flexibility index (Phi) is 3.14. The largest absolute Gasteiger partial charge is 0.497 e. The molecule has 0 saturated heterocycles. The van der Waals surface area contributed by atoms with Crippen LogP contribution in [0.3, 0.4) is 0 Å². The van der Waals surface area contributed by atoms with E-state index in [1.807, 2.05) is 18.2 Å². The summed E-state index contributed by atoms with van der Waals surface area (Å²) in [6, 6.07) is 14.5. The molecule has 0 aliphatic carbocycles. The summed E-state index contributed by atoms with van der Waals surface area (Å²) < 4.78 is 11.1. The summed E-state index contributed by atoms with van der Waals surface area (Å²) in [4.78, 5) is 0. The minimum Gasteiger partial charge on any atom is -0.497 e. The molecule has 0 aromatic heterocycles. The van der Waals surface area contributed by atoms with Crippen molar-refractivity contribution in [2.45, 2.75) is 19.4 Å². The molecule has 3 nitrogen and oxygen atoms in total. The summed E-state index contributed by atoms with van der Waals surface area (Å²) in [6.45, 7) is 4.75. The molecule has 20 heavy (non-hydrogen) atoms. The number of hydrogen-bond acceptors (Lipinski definition) is 3. The van der Waals surface area contributed by atoms with Crippen LogP contribution in [-0.4, -0.2) is 13.8 Å². The van der Waals surface area contributed by atoms with Gasteiger partial charge in [-0.25, -0.2) is 0 Å². The van der Waals surface area contributed by atoms with E-state index in [0.29, 0.717) is 6.73 Å². The van der Waals surface area contributed by atoms with Gasteiger partial charge in [-0.2, -0.15) is 0 Å². The molecule has 0 unspecified atom stereocenters. The number of methoxy groups -OCH3 is 1. The van der Waals surface area contributed by atoms with Gasteiger partial charge >= 0.3 is 0 Å². The summed E-state index contributed by atoms with van der Waals surface area (Å²) in [7, 11) is 1.69. The van der Waals surface area contributed by atoms with Crippen molar-refractivity contribution < 1.29 is 9.47 Å². The lowest BCUT2D eigenvalue weighted by Crippen LogP contribution is -2.31.